The highest BCUT2D eigenvalue weighted by Gasteiger charge is 2.04. The van der Waals surface area contributed by atoms with Crippen molar-refractivity contribution in [3.05, 3.63) is 36.0 Å². The standard InChI is InChI=1S/C8H6ClN5O/c9-6-1-2-7(13-12-6)11-8(15)14-4-3-10-5-14/h1-5H,(H,11,13,15). The van der Waals surface area contributed by atoms with Gasteiger partial charge in [-0.25, -0.2) is 9.78 Å². The summed E-state index contributed by atoms with van der Waals surface area (Å²) in [6.07, 6.45) is 4.42. The molecule has 0 aliphatic heterocycles. The summed E-state index contributed by atoms with van der Waals surface area (Å²) in [6.45, 7) is 0. The summed E-state index contributed by atoms with van der Waals surface area (Å²) in [5.74, 6) is 0.332. The molecule has 2 rings (SSSR count). The van der Waals surface area contributed by atoms with E-state index in [-0.39, 0.29) is 11.2 Å². The number of hydrogen-bond donors (Lipinski definition) is 1. The van der Waals surface area contributed by atoms with Crippen LogP contribution in [-0.2, 0) is 0 Å². The van der Waals surface area contributed by atoms with Crippen molar-refractivity contribution in [3.63, 3.8) is 0 Å². The molecule has 0 saturated carbocycles. The Kier molecular flexibility index (Phi) is 2.59. The molecule has 1 N–H and O–H groups in total. The molecule has 76 valence electrons. The summed E-state index contributed by atoms with van der Waals surface area (Å²) in [6, 6.07) is 2.74. The number of aromatic nitrogens is 4. The van der Waals surface area contributed by atoms with Crippen molar-refractivity contribution in [1.29, 1.82) is 0 Å². The van der Waals surface area contributed by atoms with Crippen molar-refractivity contribution in [3.8, 4) is 0 Å². The Morgan fingerprint density at radius 2 is 2.27 bits per heavy atom. The molecular weight excluding hydrogens is 218 g/mol. The summed E-state index contributed by atoms with van der Waals surface area (Å²) >= 11 is 5.55. The fourth-order valence-electron chi connectivity index (χ4n) is 0.936. The van der Waals surface area contributed by atoms with Gasteiger partial charge < -0.3 is 0 Å². The molecule has 2 heterocycles. The van der Waals surface area contributed by atoms with Crippen molar-refractivity contribution in [2.75, 3.05) is 5.32 Å². The van der Waals surface area contributed by atoms with Gasteiger partial charge in [-0.05, 0) is 12.1 Å². The average molecular weight is 224 g/mol. The van der Waals surface area contributed by atoms with E-state index in [4.69, 9.17) is 11.6 Å². The zero-order valence-electron chi connectivity index (χ0n) is 7.46. The second kappa shape index (κ2) is 4.05. The molecular formula is C8H6ClN5O. The molecule has 0 spiro atoms. The second-order valence-electron chi connectivity index (χ2n) is 2.64. The first-order chi connectivity index (χ1) is 7.25. The second-order valence-corrected chi connectivity index (χ2v) is 3.03. The lowest BCUT2D eigenvalue weighted by atomic mass is 10.5. The maximum Gasteiger partial charge on any atom is 0.332 e. The van der Waals surface area contributed by atoms with E-state index in [1.165, 1.54) is 29.4 Å². The molecule has 1 amide bonds. The topological polar surface area (TPSA) is 72.7 Å². The molecule has 2 aromatic rings. The zero-order valence-corrected chi connectivity index (χ0v) is 8.22. The van der Waals surface area contributed by atoms with Gasteiger partial charge in [-0.1, -0.05) is 11.6 Å². The van der Waals surface area contributed by atoms with Crippen molar-refractivity contribution in [2.45, 2.75) is 0 Å². The number of rotatable bonds is 1. The Labute approximate surface area is 89.9 Å². The number of imidazole rings is 1. The quantitative estimate of drug-likeness (QED) is 0.793. The number of nitrogens with one attached hydrogen (secondary N) is 1. The van der Waals surface area contributed by atoms with Crippen LogP contribution in [0.2, 0.25) is 5.15 Å². The maximum atomic E-state index is 11.5. The fourth-order valence-corrected chi connectivity index (χ4v) is 1.04. The van der Waals surface area contributed by atoms with Crippen LogP contribution in [-0.4, -0.2) is 25.8 Å². The molecule has 2 aromatic heterocycles. The van der Waals surface area contributed by atoms with Gasteiger partial charge in [0.05, 0.1) is 0 Å². The Bertz CT molecular complexity index is 452. The molecule has 0 fully saturated rings. The van der Waals surface area contributed by atoms with Gasteiger partial charge >= 0.3 is 6.03 Å². The van der Waals surface area contributed by atoms with Crippen LogP contribution in [0, 0.1) is 0 Å². The number of anilines is 1. The first kappa shape index (κ1) is 9.60. The van der Waals surface area contributed by atoms with Gasteiger partial charge in [-0.3, -0.25) is 9.88 Å². The van der Waals surface area contributed by atoms with Crippen LogP contribution in [0.25, 0.3) is 0 Å². The predicted molar refractivity (Wildman–Crippen MR) is 53.7 cm³/mol. The van der Waals surface area contributed by atoms with Crippen LogP contribution < -0.4 is 5.32 Å². The number of carbonyl (C=O) groups is 1. The third kappa shape index (κ3) is 2.29. The van der Waals surface area contributed by atoms with Crippen LogP contribution in [0.4, 0.5) is 10.6 Å². The summed E-state index contributed by atoms with van der Waals surface area (Å²) in [7, 11) is 0. The smallest absolute Gasteiger partial charge is 0.290 e. The first-order valence-corrected chi connectivity index (χ1v) is 4.42. The third-order valence-corrected chi connectivity index (χ3v) is 1.81. The molecule has 0 aliphatic carbocycles. The Morgan fingerprint density at radius 3 is 2.87 bits per heavy atom. The van der Waals surface area contributed by atoms with Crippen molar-refractivity contribution < 1.29 is 4.79 Å². The minimum atomic E-state index is -0.357. The normalized spacial score (nSPS) is 9.93. The largest absolute Gasteiger partial charge is 0.332 e. The van der Waals surface area contributed by atoms with Gasteiger partial charge in [0, 0.05) is 12.4 Å². The summed E-state index contributed by atoms with van der Waals surface area (Å²) in [5, 5.41) is 10.1. The highest BCUT2D eigenvalue weighted by Crippen LogP contribution is 2.06. The molecule has 0 aromatic carbocycles. The number of hydrogen-bond acceptors (Lipinski definition) is 4. The molecule has 6 nitrogen and oxygen atoms in total. The van der Waals surface area contributed by atoms with Crippen LogP contribution in [0.15, 0.2) is 30.9 Å². The number of halogens is 1. The minimum absolute atomic E-state index is 0.274. The van der Waals surface area contributed by atoms with E-state index in [1.807, 2.05) is 0 Å². The number of carbonyl (C=O) groups excluding carboxylic acids is 1. The SMILES string of the molecule is O=C(Nc1ccc(Cl)nn1)n1ccnc1. The summed E-state index contributed by atoms with van der Waals surface area (Å²) in [5.41, 5.74) is 0. The van der Waals surface area contributed by atoms with E-state index >= 15 is 0 Å². The van der Waals surface area contributed by atoms with Gasteiger partial charge in [-0.2, -0.15) is 0 Å². The molecule has 15 heavy (non-hydrogen) atoms. The first-order valence-electron chi connectivity index (χ1n) is 4.04. The van der Waals surface area contributed by atoms with Gasteiger partial charge in [0.25, 0.3) is 0 Å². The average Bonchev–Trinajstić information content (AvgIpc) is 2.74. The predicted octanol–water partition coefficient (Wildman–Crippen LogP) is 1.41. The van der Waals surface area contributed by atoms with E-state index in [2.05, 4.69) is 20.5 Å². The monoisotopic (exact) mass is 223 g/mol. The van der Waals surface area contributed by atoms with E-state index in [1.54, 1.807) is 6.07 Å². The third-order valence-electron chi connectivity index (χ3n) is 1.61. The highest BCUT2D eigenvalue weighted by molar-refractivity contribution is 6.29. The zero-order chi connectivity index (χ0) is 10.7. The van der Waals surface area contributed by atoms with Crippen LogP contribution in [0.3, 0.4) is 0 Å². The number of nitrogens with zero attached hydrogens (tertiary/aromatic N) is 4. The van der Waals surface area contributed by atoms with Crippen molar-refractivity contribution in [2.24, 2.45) is 0 Å². The Balaban J connectivity index is 2.09. The van der Waals surface area contributed by atoms with E-state index in [9.17, 15) is 4.79 Å². The van der Waals surface area contributed by atoms with Crippen molar-refractivity contribution >= 4 is 23.4 Å². The lowest BCUT2D eigenvalue weighted by Crippen LogP contribution is -2.18. The van der Waals surface area contributed by atoms with Gasteiger partial charge in [-0.15, -0.1) is 10.2 Å². The van der Waals surface area contributed by atoms with E-state index in [0.29, 0.717) is 5.82 Å². The lowest BCUT2D eigenvalue weighted by Gasteiger charge is -2.02. The van der Waals surface area contributed by atoms with Gasteiger partial charge in [0.2, 0.25) is 0 Å². The minimum Gasteiger partial charge on any atom is -0.290 e. The molecule has 0 atom stereocenters. The van der Waals surface area contributed by atoms with E-state index < -0.39 is 0 Å². The van der Waals surface area contributed by atoms with Crippen molar-refractivity contribution in [1.82, 2.24) is 19.7 Å². The lowest BCUT2D eigenvalue weighted by molar-refractivity contribution is 0.253. The van der Waals surface area contributed by atoms with E-state index in [0.717, 1.165) is 0 Å². The summed E-state index contributed by atoms with van der Waals surface area (Å²) in [4.78, 5) is 15.2. The molecule has 0 unspecified atom stereocenters. The van der Waals surface area contributed by atoms with Crippen LogP contribution in [0.1, 0.15) is 0 Å². The maximum absolute atomic E-state index is 11.5. The highest BCUT2D eigenvalue weighted by atomic mass is 35.5. The molecule has 0 aliphatic rings. The molecule has 0 bridgehead atoms. The van der Waals surface area contributed by atoms with Crippen LogP contribution in [0.5, 0.6) is 0 Å². The molecule has 7 heteroatoms. The fraction of sp³-hybridized carbons (Fsp3) is 0. The Morgan fingerprint density at radius 1 is 1.40 bits per heavy atom. The van der Waals surface area contributed by atoms with Gasteiger partial charge in [0.1, 0.15) is 6.33 Å². The molecule has 0 saturated heterocycles. The van der Waals surface area contributed by atoms with Crippen LogP contribution >= 0.6 is 11.6 Å². The number of amides is 1. The molecule has 0 radical (unpaired) electrons. The summed E-state index contributed by atoms with van der Waals surface area (Å²) < 4.78 is 1.29. The van der Waals surface area contributed by atoms with Gasteiger partial charge in [0.15, 0.2) is 11.0 Å². The Hall–Kier alpha value is -1.95.